The molecule has 0 bridgehead atoms. The molecular formula is C3H2ClN2. The summed E-state index contributed by atoms with van der Waals surface area (Å²) in [6.45, 7) is 0. The molecule has 0 aliphatic carbocycles. The minimum absolute atomic E-state index is 0.454. The number of halogens is 1. The number of H-pyrrole nitrogens is 1. The van der Waals surface area contributed by atoms with Crippen molar-refractivity contribution >= 4 is 11.6 Å². The maximum Gasteiger partial charge on any atom is 0.135 e. The first-order chi connectivity index (χ1) is 2.89. The van der Waals surface area contributed by atoms with Crippen LogP contribution in [0.5, 0.6) is 0 Å². The molecule has 0 fully saturated rings. The summed E-state index contributed by atoms with van der Waals surface area (Å²) in [6.07, 6.45) is 3.93. The highest BCUT2D eigenvalue weighted by Gasteiger charge is 1.78. The quantitative estimate of drug-likeness (QED) is 0.516. The van der Waals surface area contributed by atoms with Crippen LogP contribution in [0.2, 0.25) is 5.15 Å². The minimum Gasteiger partial charge on any atom is -0.335 e. The van der Waals surface area contributed by atoms with Gasteiger partial charge in [0.2, 0.25) is 0 Å². The molecule has 0 aromatic carbocycles. The normalized spacial score (nSPS) is 8.83. The van der Waals surface area contributed by atoms with Crippen LogP contribution in [0.25, 0.3) is 0 Å². The lowest BCUT2D eigenvalue weighted by Gasteiger charge is -1.62. The van der Waals surface area contributed by atoms with Gasteiger partial charge in [0.25, 0.3) is 0 Å². The van der Waals surface area contributed by atoms with Gasteiger partial charge in [-0.25, -0.2) is 4.98 Å². The highest BCUT2D eigenvalue weighted by atomic mass is 35.5. The molecule has 31 valence electrons. The van der Waals surface area contributed by atoms with E-state index in [1.165, 1.54) is 6.33 Å². The maximum atomic E-state index is 5.28. The first kappa shape index (κ1) is 3.68. The molecule has 3 heteroatoms. The molecule has 0 aliphatic heterocycles. The van der Waals surface area contributed by atoms with Crippen LogP contribution < -0.4 is 0 Å². The Kier molecular flexibility index (Phi) is 0.801. The molecule has 0 aliphatic rings. The maximum absolute atomic E-state index is 5.28. The van der Waals surface area contributed by atoms with Gasteiger partial charge in [0, 0.05) is 0 Å². The Morgan fingerprint density at radius 3 is 3.00 bits per heavy atom. The lowest BCUT2D eigenvalue weighted by molar-refractivity contribution is 1.31. The Labute approximate surface area is 40.2 Å². The molecule has 0 atom stereocenters. The summed E-state index contributed by atoms with van der Waals surface area (Å²) in [6, 6.07) is 0. The average molecular weight is 102 g/mol. The number of hydrogen-bond donors (Lipinski definition) is 1. The molecule has 1 aromatic rings. The molecule has 1 aromatic heterocycles. The van der Waals surface area contributed by atoms with Crippen molar-refractivity contribution in [3.8, 4) is 0 Å². The van der Waals surface area contributed by atoms with Gasteiger partial charge in [-0.3, -0.25) is 0 Å². The molecule has 0 saturated heterocycles. The van der Waals surface area contributed by atoms with E-state index < -0.39 is 0 Å². The van der Waals surface area contributed by atoms with Crippen LogP contribution >= 0.6 is 11.6 Å². The monoisotopic (exact) mass is 101 g/mol. The summed E-state index contributed by atoms with van der Waals surface area (Å²) in [7, 11) is 0. The lowest BCUT2D eigenvalue weighted by atomic mass is 11.0. The zero-order valence-corrected chi connectivity index (χ0v) is 3.66. The van der Waals surface area contributed by atoms with Crippen LogP contribution in [0, 0.1) is 6.20 Å². The van der Waals surface area contributed by atoms with Crippen LogP contribution in [0.3, 0.4) is 0 Å². The molecule has 6 heavy (non-hydrogen) atoms. The Hall–Kier alpha value is -0.500. The summed E-state index contributed by atoms with van der Waals surface area (Å²) in [4.78, 5) is 6.11. The second-order valence-corrected chi connectivity index (χ2v) is 1.21. The van der Waals surface area contributed by atoms with Gasteiger partial charge in [-0.2, -0.15) is 0 Å². The van der Waals surface area contributed by atoms with Crippen molar-refractivity contribution < 1.29 is 0 Å². The van der Waals surface area contributed by atoms with Gasteiger partial charge in [0.05, 0.1) is 6.33 Å². The third kappa shape index (κ3) is 0.518. The van der Waals surface area contributed by atoms with Gasteiger partial charge in [-0.1, -0.05) is 11.6 Å². The largest absolute Gasteiger partial charge is 0.335 e. The van der Waals surface area contributed by atoms with Crippen LogP contribution in [-0.2, 0) is 0 Å². The van der Waals surface area contributed by atoms with Crippen molar-refractivity contribution in [2.24, 2.45) is 0 Å². The molecular weight excluding hydrogens is 99.5 g/mol. The number of rotatable bonds is 0. The first-order valence-electron chi connectivity index (χ1n) is 1.46. The molecule has 1 radical (unpaired) electrons. The Bertz CT molecular complexity index is 112. The molecule has 1 heterocycles. The van der Waals surface area contributed by atoms with Crippen molar-refractivity contribution in [1.29, 1.82) is 0 Å². The average Bonchev–Trinajstić information content (AvgIpc) is 1.86. The highest BCUT2D eigenvalue weighted by molar-refractivity contribution is 6.29. The van der Waals surface area contributed by atoms with Gasteiger partial charge >= 0.3 is 0 Å². The van der Waals surface area contributed by atoms with Crippen LogP contribution in [0.1, 0.15) is 0 Å². The van der Waals surface area contributed by atoms with Gasteiger partial charge in [0.1, 0.15) is 11.3 Å². The number of imidazole rings is 1. The molecule has 1 rings (SSSR count). The van der Waals surface area contributed by atoms with E-state index in [1.54, 1.807) is 0 Å². The lowest BCUT2D eigenvalue weighted by Crippen LogP contribution is -1.50. The van der Waals surface area contributed by atoms with E-state index in [4.69, 9.17) is 11.6 Å². The predicted octanol–water partition coefficient (Wildman–Crippen LogP) is 0.863. The molecule has 1 N–H and O–H groups in total. The van der Waals surface area contributed by atoms with E-state index in [-0.39, 0.29) is 0 Å². The van der Waals surface area contributed by atoms with E-state index in [2.05, 4.69) is 16.2 Å². The van der Waals surface area contributed by atoms with Gasteiger partial charge in [-0.15, -0.1) is 0 Å². The van der Waals surface area contributed by atoms with E-state index in [1.807, 2.05) is 0 Å². The third-order valence-corrected chi connectivity index (χ3v) is 0.612. The number of nitrogens with one attached hydrogen (secondary N) is 1. The van der Waals surface area contributed by atoms with E-state index >= 15 is 0 Å². The Morgan fingerprint density at radius 1 is 2.00 bits per heavy atom. The van der Waals surface area contributed by atoms with Gasteiger partial charge < -0.3 is 4.98 Å². The number of aromatic nitrogens is 2. The zero-order valence-electron chi connectivity index (χ0n) is 2.90. The van der Waals surface area contributed by atoms with Crippen molar-refractivity contribution in [1.82, 2.24) is 9.97 Å². The standard InChI is InChI=1S/C3H2ClN2/c4-3-1-5-2-6-3/h2H,(H,5,6). The van der Waals surface area contributed by atoms with Crippen molar-refractivity contribution in [2.75, 3.05) is 0 Å². The Balaban J connectivity index is 3.05. The van der Waals surface area contributed by atoms with Crippen LogP contribution in [0.4, 0.5) is 0 Å². The summed E-state index contributed by atoms with van der Waals surface area (Å²) >= 11 is 5.28. The van der Waals surface area contributed by atoms with E-state index in [9.17, 15) is 0 Å². The number of nitrogens with zero attached hydrogens (tertiary/aromatic N) is 1. The van der Waals surface area contributed by atoms with Crippen molar-refractivity contribution in [3.05, 3.63) is 17.7 Å². The van der Waals surface area contributed by atoms with Gasteiger partial charge in [0.15, 0.2) is 0 Å². The van der Waals surface area contributed by atoms with Crippen molar-refractivity contribution in [2.45, 2.75) is 0 Å². The molecule has 0 amide bonds. The Morgan fingerprint density at radius 2 is 2.83 bits per heavy atom. The molecule has 0 saturated carbocycles. The smallest absolute Gasteiger partial charge is 0.135 e. The molecule has 2 nitrogen and oxygen atoms in total. The third-order valence-electron chi connectivity index (χ3n) is 0.419. The van der Waals surface area contributed by atoms with Crippen molar-refractivity contribution in [3.63, 3.8) is 0 Å². The summed E-state index contributed by atoms with van der Waals surface area (Å²) in [5, 5.41) is 0.454. The molecule has 0 unspecified atom stereocenters. The highest BCUT2D eigenvalue weighted by Crippen LogP contribution is 1.94. The van der Waals surface area contributed by atoms with Crippen LogP contribution in [-0.4, -0.2) is 9.97 Å². The summed E-state index contributed by atoms with van der Waals surface area (Å²) < 4.78 is 0. The second kappa shape index (κ2) is 1.30. The topological polar surface area (TPSA) is 28.7 Å². The van der Waals surface area contributed by atoms with Crippen LogP contribution in [0.15, 0.2) is 6.33 Å². The number of aromatic amines is 1. The molecule has 0 spiro atoms. The second-order valence-electron chi connectivity index (χ2n) is 0.828. The first-order valence-corrected chi connectivity index (χ1v) is 1.84. The van der Waals surface area contributed by atoms with Gasteiger partial charge in [-0.05, 0) is 0 Å². The SMILES string of the molecule is Clc1[c]nc[nH]1. The summed E-state index contributed by atoms with van der Waals surface area (Å²) in [5.74, 6) is 0. The number of hydrogen-bond acceptors (Lipinski definition) is 1. The summed E-state index contributed by atoms with van der Waals surface area (Å²) in [5.41, 5.74) is 0. The fourth-order valence-electron chi connectivity index (χ4n) is 0.210. The fourth-order valence-corrected chi connectivity index (χ4v) is 0.308. The van der Waals surface area contributed by atoms with E-state index in [0.29, 0.717) is 5.15 Å². The zero-order chi connectivity index (χ0) is 4.41. The predicted molar refractivity (Wildman–Crippen MR) is 22.4 cm³/mol. The fraction of sp³-hybridized carbons (Fsp3) is 0. The van der Waals surface area contributed by atoms with E-state index in [0.717, 1.165) is 0 Å². The minimum atomic E-state index is 0.454.